The van der Waals surface area contributed by atoms with Crippen molar-refractivity contribution in [1.82, 2.24) is 15.3 Å². The fourth-order valence-electron chi connectivity index (χ4n) is 1.80. The van der Waals surface area contributed by atoms with E-state index in [-0.39, 0.29) is 6.61 Å². The van der Waals surface area contributed by atoms with Gasteiger partial charge in [0.1, 0.15) is 5.82 Å². The number of aromatic nitrogens is 2. The molecule has 0 unspecified atom stereocenters. The first-order valence-electron chi connectivity index (χ1n) is 6.33. The van der Waals surface area contributed by atoms with Gasteiger partial charge in [0, 0.05) is 24.5 Å². The molecule has 2 aromatic rings. The Morgan fingerprint density at radius 1 is 1.32 bits per heavy atom. The number of ether oxygens (including phenoxy) is 1. The average Bonchev–Trinajstić information content (AvgIpc) is 2.79. The van der Waals surface area contributed by atoms with Crippen LogP contribution in [0, 0.1) is 0 Å². The first kappa shape index (κ1) is 14.3. The molecule has 2 rings (SSSR count). The molecule has 0 aliphatic rings. The van der Waals surface area contributed by atoms with Gasteiger partial charge in [0.25, 0.3) is 0 Å². The molecule has 3 N–H and O–H groups in total. The molecular weight excluding hydrogens is 266 g/mol. The van der Waals surface area contributed by atoms with Crippen molar-refractivity contribution in [3.63, 3.8) is 0 Å². The van der Waals surface area contributed by atoms with Crippen molar-refractivity contribution in [2.45, 2.75) is 6.42 Å². The second-order valence-electron chi connectivity index (χ2n) is 4.18. The molecule has 0 saturated heterocycles. The van der Waals surface area contributed by atoms with E-state index in [1.807, 2.05) is 18.2 Å². The molecule has 1 heterocycles. The van der Waals surface area contributed by atoms with Gasteiger partial charge in [0.15, 0.2) is 0 Å². The van der Waals surface area contributed by atoms with E-state index in [2.05, 4.69) is 15.3 Å². The SMILES string of the molecule is OCCOCCNCCc1nc2ccc(Cl)cc2[nH]1. The molecule has 1 aromatic heterocycles. The van der Waals surface area contributed by atoms with Crippen molar-refractivity contribution in [2.75, 3.05) is 32.9 Å². The molecule has 5 nitrogen and oxygen atoms in total. The number of H-pyrrole nitrogens is 1. The van der Waals surface area contributed by atoms with E-state index < -0.39 is 0 Å². The lowest BCUT2D eigenvalue weighted by molar-refractivity contribution is 0.0940. The van der Waals surface area contributed by atoms with Gasteiger partial charge in [-0.15, -0.1) is 0 Å². The monoisotopic (exact) mass is 283 g/mol. The van der Waals surface area contributed by atoms with Crippen LogP contribution in [0.3, 0.4) is 0 Å². The Labute approximate surface area is 116 Å². The van der Waals surface area contributed by atoms with Crippen molar-refractivity contribution >= 4 is 22.6 Å². The van der Waals surface area contributed by atoms with Crippen LogP contribution in [-0.4, -0.2) is 48.0 Å². The van der Waals surface area contributed by atoms with Gasteiger partial charge in [0.2, 0.25) is 0 Å². The summed E-state index contributed by atoms with van der Waals surface area (Å²) >= 11 is 5.92. The van der Waals surface area contributed by atoms with E-state index in [1.54, 1.807) is 0 Å². The van der Waals surface area contributed by atoms with Gasteiger partial charge in [-0.25, -0.2) is 4.98 Å². The van der Waals surface area contributed by atoms with Crippen LogP contribution in [0.4, 0.5) is 0 Å². The molecular formula is C13H18ClN3O2. The number of aliphatic hydroxyl groups excluding tert-OH is 1. The van der Waals surface area contributed by atoms with Gasteiger partial charge in [-0.2, -0.15) is 0 Å². The highest BCUT2D eigenvalue weighted by Crippen LogP contribution is 2.17. The summed E-state index contributed by atoms with van der Waals surface area (Å²) in [6.07, 6.45) is 0.826. The Hall–Kier alpha value is -1.14. The van der Waals surface area contributed by atoms with Gasteiger partial charge < -0.3 is 20.1 Å². The second-order valence-corrected chi connectivity index (χ2v) is 4.62. The molecule has 0 aliphatic carbocycles. The van der Waals surface area contributed by atoms with Crippen molar-refractivity contribution in [3.05, 3.63) is 29.0 Å². The average molecular weight is 284 g/mol. The highest BCUT2D eigenvalue weighted by molar-refractivity contribution is 6.31. The number of fused-ring (bicyclic) bond motifs is 1. The number of halogens is 1. The minimum atomic E-state index is 0.0710. The van der Waals surface area contributed by atoms with Crippen LogP contribution < -0.4 is 5.32 Å². The largest absolute Gasteiger partial charge is 0.394 e. The van der Waals surface area contributed by atoms with Gasteiger partial charge in [-0.1, -0.05) is 11.6 Å². The molecule has 0 atom stereocenters. The number of hydrogen-bond donors (Lipinski definition) is 3. The summed E-state index contributed by atoms with van der Waals surface area (Å²) in [6.45, 7) is 2.67. The maximum absolute atomic E-state index is 8.54. The Bertz CT molecular complexity index is 516. The van der Waals surface area contributed by atoms with Crippen molar-refractivity contribution < 1.29 is 9.84 Å². The predicted octanol–water partition coefficient (Wildman–Crippen LogP) is 1.36. The minimum absolute atomic E-state index is 0.0710. The van der Waals surface area contributed by atoms with E-state index >= 15 is 0 Å². The predicted molar refractivity (Wildman–Crippen MR) is 75.6 cm³/mol. The lowest BCUT2D eigenvalue weighted by Gasteiger charge is -2.03. The lowest BCUT2D eigenvalue weighted by Crippen LogP contribution is -2.23. The summed E-state index contributed by atoms with van der Waals surface area (Å²) in [7, 11) is 0. The summed E-state index contributed by atoms with van der Waals surface area (Å²) in [5.74, 6) is 0.945. The summed E-state index contributed by atoms with van der Waals surface area (Å²) in [4.78, 5) is 7.73. The molecule has 0 amide bonds. The number of benzene rings is 1. The summed E-state index contributed by atoms with van der Waals surface area (Å²) in [5.41, 5.74) is 1.90. The lowest BCUT2D eigenvalue weighted by atomic mass is 10.3. The van der Waals surface area contributed by atoms with Crippen LogP contribution in [-0.2, 0) is 11.2 Å². The van der Waals surface area contributed by atoms with Gasteiger partial charge in [-0.3, -0.25) is 0 Å². The Morgan fingerprint density at radius 3 is 3.05 bits per heavy atom. The third kappa shape index (κ3) is 4.47. The highest BCUT2D eigenvalue weighted by atomic mass is 35.5. The molecule has 0 aliphatic heterocycles. The molecule has 104 valence electrons. The zero-order valence-electron chi connectivity index (χ0n) is 10.7. The van der Waals surface area contributed by atoms with Crippen molar-refractivity contribution in [2.24, 2.45) is 0 Å². The van der Waals surface area contributed by atoms with Crippen molar-refractivity contribution in [3.8, 4) is 0 Å². The van der Waals surface area contributed by atoms with Crippen LogP contribution in [0.2, 0.25) is 5.02 Å². The maximum Gasteiger partial charge on any atom is 0.108 e. The Balaban J connectivity index is 1.72. The van der Waals surface area contributed by atoms with E-state index in [0.29, 0.717) is 18.2 Å². The highest BCUT2D eigenvalue weighted by Gasteiger charge is 2.02. The number of nitrogens with one attached hydrogen (secondary N) is 2. The molecule has 19 heavy (non-hydrogen) atoms. The smallest absolute Gasteiger partial charge is 0.108 e. The van der Waals surface area contributed by atoms with Gasteiger partial charge in [0.05, 0.1) is 30.9 Å². The second kappa shape index (κ2) is 7.45. The number of aromatic amines is 1. The Kier molecular flexibility index (Phi) is 5.60. The Morgan fingerprint density at radius 2 is 2.21 bits per heavy atom. The molecule has 1 aromatic carbocycles. The molecule has 6 heteroatoms. The van der Waals surface area contributed by atoms with E-state index in [9.17, 15) is 0 Å². The van der Waals surface area contributed by atoms with E-state index in [4.69, 9.17) is 21.4 Å². The van der Waals surface area contributed by atoms with Crippen molar-refractivity contribution in [1.29, 1.82) is 0 Å². The quantitative estimate of drug-likeness (QED) is 0.640. The number of nitrogens with zero attached hydrogens (tertiary/aromatic N) is 1. The van der Waals surface area contributed by atoms with Gasteiger partial charge >= 0.3 is 0 Å². The van der Waals surface area contributed by atoms with Crippen LogP contribution >= 0.6 is 11.6 Å². The third-order valence-electron chi connectivity index (χ3n) is 2.69. The molecule has 0 bridgehead atoms. The van der Waals surface area contributed by atoms with E-state index in [0.717, 1.165) is 36.4 Å². The number of aliphatic hydroxyl groups is 1. The number of rotatable bonds is 8. The summed E-state index contributed by atoms with van der Waals surface area (Å²) in [6, 6.07) is 5.63. The van der Waals surface area contributed by atoms with Crippen LogP contribution in [0.1, 0.15) is 5.82 Å². The standard InChI is InChI=1S/C13H18ClN3O2/c14-10-1-2-11-12(9-10)17-13(16-11)3-4-15-5-7-19-8-6-18/h1-2,9,15,18H,3-8H2,(H,16,17). The normalized spacial score (nSPS) is 11.3. The molecule has 0 radical (unpaired) electrons. The summed E-state index contributed by atoms with van der Waals surface area (Å²) in [5, 5.41) is 12.5. The molecule has 0 fully saturated rings. The molecule has 0 spiro atoms. The van der Waals surface area contributed by atoms with Crippen LogP contribution in [0.25, 0.3) is 11.0 Å². The zero-order chi connectivity index (χ0) is 13.5. The number of hydrogen-bond acceptors (Lipinski definition) is 4. The fourth-order valence-corrected chi connectivity index (χ4v) is 1.97. The fraction of sp³-hybridized carbons (Fsp3) is 0.462. The topological polar surface area (TPSA) is 70.2 Å². The zero-order valence-corrected chi connectivity index (χ0v) is 11.4. The number of imidazole rings is 1. The summed E-state index contributed by atoms with van der Waals surface area (Å²) < 4.78 is 5.15. The van der Waals surface area contributed by atoms with Gasteiger partial charge in [-0.05, 0) is 18.2 Å². The van der Waals surface area contributed by atoms with E-state index in [1.165, 1.54) is 0 Å². The maximum atomic E-state index is 8.54. The first-order chi connectivity index (χ1) is 9.29. The van der Waals surface area contributed by atoms with Crippen LogP contribution in [0.5, 0.6) is 0 Å². The first-order valence-corrected chi connectivity index (χ1v) is 6.71. The molecule has 0 saturated carbocycles. The third-order valence-corrected chi connectivity index (χ3v) is 2.93. The minimum Gasteiger partial charge on any atom is -0.394 e. The van der Waals surface area contributed by atoms with Crippen LogP contribution in [0.15, 0.2) is 18.2 Å².